The van der Waals surface area contributed by atoms with Crippen LogP contribution in [-0.4, -0.2) is 22.0 Å². The van der Waals surface area contributed by atoms with Crippen LogP contribution >= 0.6 is 11.3 Å². The molecule has 2 aromatic heterocycles. The standard InChI is InChI=1S/C12H12N2O4S/c1-6-10(18-7(2)14-6)11(15)13-5-8-3-4-9(19-8)12(16)17/h3-4H,5H2,1-2H3,(H,13,15)(H,16,17). The molecule has 0 saturated heterocycles. The fourth-order valence-electron chi connectivity index (χ4n) is 1.58. The fraction of sp³-hybridized carbons (Fsp3) is 0.250. The monoisotopic (exact) mass is 280 g/mol. The molecule has 0 fully saturated rings. The van der Waals surface area contributed by atoms with Crippen LogP contribution in [-0.2, 0) is 6.54 Å². The molecular weight excluding hydrogens is 268 g/mol. The lowest BCUT2D eigenvalue weighted by atomic mass is 10.3. The smallest absolute Gasteiger partial charge is 0.345 e. The van der Waals surface area contributed by atoms with Crippen molar-refractivity contribution >= 4 is 23.2 Å². The zero-order valence-electron chi connectivity index (χ0n) is 10.4. The van der Waals surface area contributed by atoms with Crippen molar-refractivity contribution in [3.8, 4) is 0 Å². The molecule has 0 saturated carbocycles. The summed E-state index contributed by atoms with van der Waals surface area (Å²) in [6.45, 7) is 3.62. The Hall–Kier alpha value is -2.15. The third kappa shape index (κ3) is 3.00. The van der Waals surface area contributed by atoms with E-state index in [-0.39, 0.29) is 23.1 Å². The number of carboxylic acid groups (broad SMARTS) is 1. The van der Waals surface area contributed by atoms with E-state index in [4.69, 9.17) is 9.52 Å². The molecule has 2 aromatic rings. The highest BCUT2D eigenvalue weighted by molar-refractivity contribution is 7.13. The van der Waals surface area contributed by atoms with Crippen molar-refractivity contribution in [2.75, 3.05) is 0 Å². The summed E-state index contributed by atoms with van der Waals surface area (Å²) in [7, 11) is 0. The maximum absolute atomic E-state index is 11.8. The maximum atomic E-state index is 11.8. The number of oxazole rings is 1. The molecule has 2 heterocycles. The van der Waals surface area contributed by atoms with Crippen LogP contribution in [0.15, 0.2) is 16.5 Å². The summed E-state index contributed by atoms with van der Waals surface area (Å²) in [5.41, 5.74) is 0.535. The van der Waals surface area contributed by atoms with E-state index in [0.717, 1.165) is 16.2 Å². The Balaban J connectivity index is 2.00. The van der Waals surface area contributed by atoms with Gasteiger partial charge in [-0.15, -0.1) is 11.3 Å². The summed E-state index contributed by atoms with van der Waals surface area (Å²) in [6.07, 6.45) is 0. The molecular formula is C12H12N2O4S. The molecule has 0 aliphatic rings. The van der Waals surface area contributed by atoms with E-state index in [2.05, 4.69) is 10.3 Å². The Bertz CT molecular complexity index is 629. The van der Waals surface area contributed by atoms with E-state index in [9.17, 15) is 9.59 Å². The van der Waals surface area contributed by atoms with Gasteiger partial charge in [0.05, 0.1) is 12.2 Å². The molecule has 2 rings (SSSR count). The highest BCUT2D eigenvalue weighted by Gasteiger charge is 2.16. The molecule has 0 bridgehead atoms. The Labute approximate surface area is 113 Å². The van der Waals surface area contributed by atoms with Gasteiger partial charge in [-0.3, -0.25) is 4.79 Å². The van der Waals surface area contributed by atoms with Gasteiger partial charge in [-0.05, 0) is 19.1 Å². The number of carbonyl (C=O) groups excluding carboxylic acids is 1. The topological polar surface area (TPSA) is 92.4 Å². The molecule has 0 atom stereocenters. The zero-order chi connectivity index (χ0) is 14.0. The number of nitrogens with zero attached hydrogens (tertiary/aromatic N) is 1. The first-order valence-electron chi connectivity index (χ1n) is 5.51. The average Bonchev–Trinajstić information content (AvgIpc) is 2.93. The highest BCUT2D eigenvalue weighted by Crippen LogP contribution is 2.16. The molecule has 6 nitrogen and oxygen atoms in total. The van der Waals surface area contributed by atoms with Crippen molar-refractivity contribution in [1.29, 1.82) is 0 Å². The minimum atomic E-state index is -0.968. The van der Waals surface area contributed by atoms with Crippen LogP contribution in [0.5, 0.6) is 0 Å². The van der Waals surface area contributed by atoms with Crippen molar-refractivity contribution in [2.24, 2.45) is 0 Å². The summed E-state index contributed by atoms with van der Waals surface area (Å²) in [6, 6.07) is 3.19. The summed E-state index contributed by atoms with van der Waals surface area (Å²) >= 11 is 1.13. The number of aromatic carboxylic acids is 1. The SMILES string of the molecule is Cc1nc(C)c(C(=O)NCc2ccc(C(=O)O)s2)o1. The largest absolute Gasteiger partial charge is 0.477 e. The summed E-state index contributed by atoms with van der Waals surface area (Å²) in [5, 5.41) is 11.5. The molecule has 2 N–H and O–H groups in total. The maximum Gasteiger partial charge on any atom is 0.345 e. The molecule has 100 valence electrons. The van der Waals surface area contributed by atoms with Crippen LogP contribution in [0.25, 0.3) is 0 Å². The Morgan fingerprint density at radius 3 is 2.68 bits per heavy atom. The lowest BCUT2D eigenvalue weighted by molar-refractivity contribution is 0.0702. The van der Waals surface area contributed by atoms with Gasteiger partial charge in [-0.25, -0.2) is 9.78 Å². The van der Waals surface area contributed by atoms with Crippen LogP contribution in [0.3, 0.4) is 0 Å². The number of hydrogen-bond donors (Lipinski definition) is 2. The molecule has 1 amide bonds. The Morgan fingerprint density at radius 1 is 1.42 bits per heavy atom. The van der Waals surface area contributed by atoms with E-state index < -0.39 is 5.97 Å². The van der Waals surface area contributed by atoms with E-state index in [1.807, 2.05) is 0 Å². The quantitative estimate of drug-likeness (QED) is 0.893. The molecule has 0 aliphatic carbocycles. The molecule has 7 heteroatoms. The minimum absolute atomic E-state index is 0.188. The lowest BCUT2D eigenvalue weighted by Crippen LogP contribution is -2.22. The molecule has 0 aromatic carbocycles. The van der Waals surface area contributed by atoms with Gasteiger partial charge in [0.2, 0.25) is 5.76 Å². The number of amides is 1. The predicted octanol–water partition coefficient (Wildman–Crippen LogP) is 1.98. The van der Waals surface area contributed by atoms with Gasteiger partial charge >= 0.3 is 5.97 Å². The first-order chi connectivity index (χ1) is 8.97. The zero-order valence-corrected chi connectivity index (χ0v) is 11.2. The number of thiophene rings is 1. The van der Waals surface area contributed by atoms with Crippen molar-refractivity contribution in [3.63, 3.8) is 0 Å². The average molecular weight is 280 g/mol. The van der Waals surface area contributed by atoms with Crippen molar-refractivity contribution in [2.45, 2.75) is 20.4 Å². The van der Waals surface area contributed by atoms with Gasteiger partial charge in [-0.2, -0.15) is 0 Å². The molecule has 0 aliphatic heterocycles. The van der Waals surface area contributed by atoms with Crippen molar-refractivity contribution in [1.82, 2.24) is 10.3 Å². The van der Waals surface area contributed by atoms with E-state index in [1.54, 1.807) is 19.9 Å². The van der Waals surface area contributed by atoms with Gasteiger partial charge in [0.25, 0.3) is 5.91 Å². The van der Waals surface area contributed by atoms with Crippen LogP contribution in [0, 0.1) is 13.8 Å². The fourth-order valence-corrected chi connectivity index (χ4v) is 2.36. The highest BCUT2D eigenvalue weighted by atomic mass is 32.1. The summed E-state index contributed by atoms with van der Waals surface area (Å²) in [4.78, 5) is 27.6. The second-order valence-electron chi connectivity index (χ2n) is 3.90. The van der Waals surface area contributed by atoms with Gasteiger partial charge in [0, 0.05) is 11.8 Å². The number of rotatable bonds is 4. The first kappa shape index (κ1) is 13.3. The van der Waals surface area contributed by atoms with E-state index in [0.29, 0.717) is 11.6 Å². The summed E-state index contributed by atoms with van der Waals surface area (Å²) in [5.74, 6) is -0.702. The van der Waals surface area contributed by atoms with Crippen molar-refractivity contribution in [3.05, 3.63) is 39.2 Å². The van der Waals surface area contributed by atoms with Crippen LogP contribution in [0.1, 0.15) is 36.7 Å². The van der Waals surface area contributed by atoms with E-state index >= 15 is 0 Å². The number of aromatic nitrogens is 1. The third-order valence-corrected chi connectivity index (χ3v) is 3.48. The Kier molecular flexibility index (Phi) is 3.66. The molecule has 0 spiro atoms. The van der Waals surface area contributed by atoms with Crippen LogP contribution in [0.4, 0.5) is 0 Å². The second-order valence-corrected chi connectivity index (χ2v) is 5.07. The number of nitrogens with one attached hydrogen (secondary N) is 1. The van der Waals surface area contributed by atoms with Crippen molar-refractivity contribution < 1.29 is 19.1 Å². The number of carbonyl (C=O) groups is 2. The molecule has 0 unspecified atom stereocenters. The minimum Gasteiger partial charge on any atom is -0.477 e. The molecule has 0 radical (unpaired) electrons. The number of aryl methyl sites for hydroxylation is 2. The lowest BCUT2D eigenvalue weighted by Gasteiger charge is -2.00. The van der Waals surface area contributed by atoms with Crippen LogP contribution < -0.4 is 5.32 Å². The van der Waals surface area contributed by atoms with Gasteiger partial charge in [0.15, 0.2) is 5.89 Å². The van der Waals surface area contributed by atoms with Gasteiger partial charge in [-0.1, -0.05) is 0 Å². The Morgan fingerprint density at radius 2 is 2.16 bits per heavy atom. The van der Waals surface area contributed by atoms with Gasteiger partial charge < -0.3 is 14.8 Å². The predicted molar refractivity (Wildman–Crippen MR) is 68.4 cm³/mol. The normalized spacial score (nSPS) is 10.4. The van der Waals surface area contributed by atoms with Crippen LogP contribution in [0.2, 0.25) is 0 Å². The molecule has 19 heavy (non-hydrogen) atoms. The third-order valence-electron chi connectivity index (χ3n) is 2.41. The summed E-state index contributed by atoms with van der Waals surface area (Å²) < 4.78 is 5.19. The van der Waals surface area contributed by atoms with Gasteiger partial charge in [0.1, 0.15) is 4.88 Å². The van der Waals surface area contributed by atoms with E-state index in [1.165, 1.54) is 6.07 Å². The second kappa shape index (κ2) is 5.23. The number of carboxylic acids is 1. The first-order valence-corrected chi connectivity index (χ1v) is 6.33. The number of hydrogen-bond acceptors (Lipinski definition) is 5.